The summed E-state index contributed by atoms with van der Waals surface area (Å²) in [6.07, 6.45) is 6.95. The van der Waals surface area contributed by atoms with Gasteiger partial charge in [0, 0.05) is 43.2 Å². The molecule has 150 valence electrons. The molecule has 5 rings (SSSR count). The summed E-state index contributed by atoms with van der Waals surface area (Å²) < 4.78 is 16.6. The van der Waals surface area contributed by atoms with E-state index in [9.17, 15) is 9.50 Å². The predicted octanol–water partition coefficient (Wildman–Crippen LogP) is 2.70. The van der Waals surface area contributed by atoms with E-state index in [1.165, 1.54) is 0 Å². The van der Waals surface area contributed by atoms with Crippen LogP contribution in [0.3, 0.4) is 0 Å². The molecule has 2 aliphatic rings. The Hall–Kier alpha value is -3.00. The molecule has 29 heavy (non-hydrogen) atoms. The lowest BCUT2D eigenvalue weighted by atomic mass is 9.96. The van der Waals surface area contributed by atoms with Crippen molar-refractivity contribution in [2.24, 2.45) is 0 Å². The minimum Gasteiger partial charge on any atom is -0.507 e. The fourth-order valence-corrected chi connectivity index (χ4v) is 4.48. The number of nitrogens with one attached hydrogen (secondary N) is 1. The van der Waals surface area contributed by atoms with E-state index in [0.29, 0.717) is 23.1 Å². The van der Waals surface area contributed by atoms with Crippen LogP contribution in [0.15, 0.2) is 49.1 Å². The zero-order chi connectivity index (χ0) is 20.0. The summed E-state index contributed by atoms with van der Waals surface area (Å²) in [5.41, 5.74) is 1.97. The average Bonchev–Trinajstić information content (AvgIpc) is 3.41. The Kier molecular flexibility index (Phi) is 4.43. The number of fused-ring (bicyclic) bond motifs is 2. The maximum atomic E-state index is 14.8. The molecule has 0 unspecified atom stereocenters. The summed E-state index contributed by atoms with van der Waals surface area (Å²) in [7, 11) is 1.88. The zero-order valence-corrected chi connectivity index (χ0v) is 16.1. The van der Waals surface area contributed by atoms with Crippen molar-refractivity contribution in [3.05, 3.63) is 49.1 Å². The Morgan fingerprint density at radius 2 is 2.10 bits per heavy atom. The van der Waals surface area contributed by atoms with Gasteiger partial charge in [-0.3, -0.25) is 0 Å². The monoisotopic (exact) mass is 394 g/mol. The zero-order valence-electron chi connectivity index (χ0n) is 16.1. The fourth-order valence-electron chi connectivity index (χ4n) is 4.48. The Morgan fingerprint density at radius 3 is 2.83 bits per heavy atom. The van der Waals surface area contributed by atoms with E-state index in [0.717, 1.165) is 24.9 Å². The number of hydrogen-bond donors (Lipinski definition) is 2. The van der Waals surface area contributed by atoms with Crippen LogP contribution in [0, 0.1) is 0 Å². The van der Waals surface area contributed by atoms with Crippen LogP contribution in [-0.2, 0) is 0 Å². The summed E-state index contributed by atoms with van der Waals surface area (Å²) >= 11 is 0. The van der Waals surface area contributed by atoms with Gasteiger partial charge in [-0.25, -0.2) is 9.37 Å². The SMILES string of the molecule is CN(c1ccc(-c2ccc(-n3ccnc3)cc2O)nn1)[C@@H]1C[C@H]2CC[C@H](N2)[C@@H]1F. The van der Waals surface area contributed by atoms with Gasteiger partial charge in [0.1, 0.15) is 11.9 Å². The van der Waals surface area contributed by atoms with Gasteiger partial charge in [0.15, 0.2) is 5.82 Å². The Morgan fingerprint density at radius 1 is 1.21 bits per heavy atom. The van der Waals surface area contributed by atoms with Crippen LogP contribution < -0.4 is 10.2 Å². The molecule has 1 aromatic carbocycles. The third-order valence-electron chi connectivity index (χ3n) is 6.12. The van der Waals surface area contributed by atoms with Crippen LogP contribution in [0.5, 0.6) is 5.75 Å². The summed E-state index contributed by atoms with van der Waals surface area (Å²) in [4.78, 5) is 5.91. The minimum atomic E-state index is -0.917. The van der Waals surface area contributed by atoms with Crippen LogP contribution >= 0.6 is 0 Å². The van der Waals surface area contributed by atoms with Crippen LogP contribution in [0.4, 0.5) is 10.2 Å². The Labute approximate surface area is 168 Å². The average molecular weight is 394 g/mol. The largest absolute Gasteiger partial charge is 0.507 e. The first-order valence-electron chi connectivity index (χ1n) is 9.88. The first-order chi connectivity index (χ1) is 14.1. The van der Waals surface area contributed by atoms with Gasteiger partial charge in [0.05, 0.1) is 23.8 Å². The highest BCUT2D eigenvalue weighted by molar-refractivity contribution is 5.69. The van der Waals surface area contributed by atoms with Crippen molar-refractivity contribution in [3.8, 4) is 22.7 Å². The number of rotatable bonds is 4. The highest BCUT2D eigenvalue weighted by Gasteiger charge is 2.43. The maximum Gasteiger partial charge on any atom is 0.151 e. The van der Waals surface area contributed by atoms with Gasteiger partial charge in [0.25, 0.3) is 0 Å². The number of phenolic OH excluding ortho intramolecular Hbond substituents is 1. The van der Waals surface area contributed by atoms with Crippen LogP contribution in [-0.4, -0.2) is 56.2 Å². The molecule has 0 radical (unpaired) electrons. The maximum absolute atomic E-state index is 14.8. The minimum absolute atomic E-state index is 0.0561. The number of anilines is 1. The highest BCUT2D eigenvalue weighted by Crippen LogP contribution is 2.34. The first kappa shape index (κ1) is 18.1. The van der Waals surface area contributed by atoms with Crippen molar-refractivity contribution in [1.29, 1.82) is 0 Å². The third kappa shape index (κ3) is 3.23. The number of benzene rings is 1. The number of imidazole rings is 1. The van der Waals surface area contributed by atoms with E-state index in [1.54, 1.807) is 24.7 Å². The number of halogens is 1. The lowest BCUT2D eigenvalue weighted by Crippen LogP contribution is -2.55. The molecule has 2 N–H and O–H groups in total. The van der Waals surface area contributed by atoms with E-state index in [1.807, 2.05) is 40.9 Å². The number of aromatic hydroxyl groups is 1. The van der Waals surface area contributed by atoms with E-state index in [-0.39, 0.29) is 17.8 Å². The molecule has 2 bridgehead atoms. The summed E-state index contributed by atoms with van der Waals surface area (Å²) in [5.74, 6) is 0.752. The molecular formula is C21H23FN6O. The van der Waals surface area contributed by atoms with Crippen molar-refractivity contribution < 1.29 is 9.50 Å². The molecule has 0 amide bonds. The molecule has 7 nitrogen and oxygen atoms in total. The normalized spacial score (nSPS) is 25.9. The first-order valence-corrected chi connectivity index (χ1v) is 9.88. The molecule has 4 atom stereocenters. The van der Waals surface area contributed by atoms with Gasteiger partial charge in [-0.2, -0.15) is 0 Å². The van der Waals surface area contributed by atoms with Crippen molar-refractivity contribution >= 4 is 5.82 Å². The lowest BCUT2D eigenvalue weighted by Gasteiger charge is -2.38. The van der Waals surface area contributed by atoms with Crippen molar-refractivity contribution in [2.75, 3.05) is 11.9 Å². The second-order valence-corrected chi connectivity index (χ2v) is 7.85. The molecule has 8 heteroatoms. The topological polar surface area (TPSA) is 79.1 Å². The van der Waals surface area contributed by atoms with Gasteiger partial charge in [-0.05, 0) is 43.5 Å². The van der Waals surface area contributed by atoms with Crippen molar-refractivity contribution in [3.63, 3.8) is 0 Å². The standard InChI is InChI=1S/C21H23FN6O/c1-27(18-10-13-2-5-17(24-13)21(18)22)20-7-6-16(25-26-20)15-4-3-14(11-19(15)29)28-9-8-23-12-28/h3-4,6-9,11-13,17-18,21,24,29H,2,5,10H2,1H3/t13-,17+,18-,21+/m1/s1. The third-order valence-corrected chi connectivity index (χ3v) is 6.12. The molecule has 3 aromatic rings. The molecule has 2 saturated heterocycles. The smallest absolute Gasteiger partial charge is 0.151 e. The van der Waals surface area contributed by atoms with Crippen molar-refractivity contribution in [1.82, 2.24) is 25.1 Å². The second-order valence-electron chi connectivity index (χ2n) is 7.85. The molecule has 2 fully saturated rings. The second kappa shape index (κ2) is 7.11. The van der Waals surface area contributed by atoms with Crippen LogP contribution in [0.1, 0.15) is 19.3 Å². The number of alkyl halides is 1. The molecule has 2 aromatic heterocycles. The number of aromatic nitrogens is 4. The van der Waals surface area contributed by atoms with Crippen LogP contribution in [0.25, 0.3) is 16.9 Å². The van der Waals surface area contributed by atoms with Gasteiger partial charge in [-0.1, -0.05) is 0 Å². The number of phenols is 1. The highest BCUT2D eigenvalue weighted by atomic mass is 19.1. The molecular weight excluding hydrogens is 371 g/mol. The van der Waals surface area contributed by atoms with Crippen LogP contribution in [0.2, 0.25) is 0 Å². The van der Waals surface area contributed by atoms with E-state index < -0.39 is 6.17 Å². The van der Waals surface area contributed by atoms with Gasteiger partial charge >= 0.3 is 0 Å². The fraction of sp³-hybridized carbons (Fsp3) is 0.381. The molecule has 0 aliphatic carbocycles. The molecule has 0 spiro atoms. The predicted molar refractivity (Wildman–Crippen MR) is 108 cm³/mol. The lowest BCUT2D eigenvalue weighted by molar-refractivity contribution is 0.176. The van der Waals surface area contributed by atoms with Crippen molar-refractivity contribution in [2.45, 2.75) is 43.6 Å². The van der Waals surface area contributed by atoms with Gasteiger partial charge in [-0.15, -0.1) is 10.2 Å². The summed E-state index contributed by atoms with van der Waals surface area (Å²) in [6.45, 7) is 0. The van der Waals surface area contributed by atoms with Gasteiger partial charge in [0.2, 0.25) is 0 Å². The number of nitrogens with zero attached hydrogens (tertiary/aromatic N) is 5. The van der Waals surface area contributed by atoms with Gasteiger partial charge < -0.3 is 19.9 Å². The quantitative estimate of drug-likeness (QED) is 0.708. The van der Waals surface area contributed by atoms with E-state index in [2.05, 4.69) is 20.5 Å². The molecule has 0 saturated carbocycles. The molecule has 2 aliphatic heterocycles. The Balaban J connectivity index is 1.36. The number of hydrogen-bond acceptors (Lipinski definition) is 6. The molecule has 4 heterocycles. The van der Waals surface area contributed by atoms with E-state index >= 15 is 0 Å². The van der Waals surface area contributed by atoms with E-state index in [4.69, 9.17) is 0 Å². The summed E-state index contributed by atoms with van der Waals surface area (Å²) in [6, 6.07) is 9.14. The number of piperidine rings is 1. The summed E-state index contributed by atoms with van der Waals surface area (Å²) in [5, 5.41) is 22.4. The Bertz CT molecular complexity index is 993.